The van der Waals surface area contributed by atoms with Crippen LogP contribution in [0.4, 0.5) is 0 Å². The van der Waals surface area contributed by atoms with Gasteiger partial charge < -0.3 is 15.0 Å². The number of esters is 1. The van der Waals surface area contributed by atoms with Gasteiger partial charge in [0.2, 0.25) is 0 Å². The number of carbonyl (C=O) groups excluding carboxylic acids is 1. The Morgan fingerprint density at radius 1 is 1.37 bits per heavy atom. The minimum atomic E-state index is -0.158. The molecule has 1 rings (SSSR count). The molecule has 1 saturated heterocycles. The zero-order chi connectivity index (χ0) is 14.3. The van der Waals surface area contributed by atoms with Crippen molar-refractivity contribution in [2.24, 2.45) is 5.92 Å². The second-order valence-corrected chi connectivity index (χ2v) is 5.68. The van der Waals surface area contributed by atoms with Crippen LogP contribution in [-0.4, -0.2) is 49.2 Å². The lowest BCUT2D eigenvalue weighted by molar-refractivity contribution is -0.146. The fourth-order valence-corrected chi connectivity index (χ4v) is 2.78. The Labute approximate surface area is 117 Å². The van der Waals surface area contributed by atoms with Gasteiger partial charge in [0.25, 0.3) is 0 Å². The van der Waals surface area contributed by atoms with Gasteiger partial charge >= 0.3 is 5.97 Å². The summed E-state index contributed by atoms with van der Waals surface area (Å²) in [6, 6.07) is 0.482. The Kier molecular flexibility index (Phi) is 7.39. The summed E-state index contributed by atoms with van der Waals surface area (Å²) in [5, 5.41) is 3.23. The Morgan fingerprint density at radius 2 is 2.11 bits per heavy atom. The van der Waals surface area contributed by atoms with Gasteiger partial charge in [-0.25, -0.2) is 0 Å². The number of carbonyl (C=O) groups is 1. The fraction of sp³-hybridized carbons (Fsp3) is 0.933. The molecule has 0 bridgehead atoms. The second-order valence-electron chi connectivity index (χ2n) is 5.68. The van der Waals surface area contributed by atoms with Gasteiger partial charge in [-0.2, -0.15) is 0 Å². The third-order valence-corrected chi connectivity index (χ3v) is 3.97. The third-order valence-electron chi connectivity index (χ3n) is 3.97. The zero-order valence-electron chi connectivity index (χ0n) is 12.9. The molecule has 3 atom stereocenters. The van der Waals surface area contributed by atoms with Crippen LogP contribution in [0.3, 0.4) is 0 Å². The van der Waals surface area contributed by atoms with E-state index in [1.807, 2.05) is 13.8 Å². The third kappa shape index (κ3) is 5.49. The van der Waals surface area contributed by atoms with Crippen LogP contribution in [-0.2, 0) is 9.53 Å². The smallest absolute Gasteiger partial charge is 0.323 e. The molecule has 19 heavy (non-hydrogen) atoms. The monoisotopic (exact) mass is 270 g/mol. The summed E-state index contributed by atoms with van der Waals surface area (Å²) in [7, 11) is 0. The molecule has 0 saturated carbocycles. The van der Waals surface area contributed by atoms with E-state index in [9.17, 15) is 4.79 Å². The molecule has 0 amide bonds. The molecule has 112 valence electrons. The first-order chi connectivity index (χ1) is 9.08. The van der Waals surface area contributed by atoms with Crippen molar-refractivity contribution in [3.05, 3.63) is 0 Å². The first kappa shape index (κ1) is 16.4. The van der Waals surface area contributed by atoms with Crippen LogP contribution in [0.2, 0.25) is 0 Å². The van der Waals surface area contributed by atoms with Gasteiger partial charge in [-0.1, -0.05) is 13.8 Å². The molecule has 0 radical (unpaired) electrons. The SMILES string of the molecule is CCNC(CCN1CC(C)CCC1C)C(=O)OCC. The lowest BCUT2D eigenvalue weighted by Gasteiger charge is -2.37. The van der Waals surface area contributed by atoms with E-state index < -0.39 is 0 Å². The van der Waals surface area contributed by atoms with Crippen LogP contribution in [0.5, 0.6) is 0 Å². The Bertz CT molecular complexity index is 271. The number of likely N-dealkylation sites (tertiary alicyclic amines) is 1. The first-order valence-electron chi connectivity index (χ1n) is 7.72. The second kappa shape index (κ2) is 8.54. The molecule has 1 heterocycles. The molecular formula is C15H30N2O2. The molecule has 4 heteroatoms. The van der Waals surface area contributed by atoms with Crippen LogP contribution < -0.4 is 5.32 Å². The maximum Gasteiger partial charge on any atom is 0.323 e. The predicted octanol–water partition coefficient (Wildman–Crippen LogP) is 2.04. The number of likely N-dealkylation sites (N-methyl/N-ethyl adjacent to an activating group) is 1. The van der Waals surface area contributed by atoms with E-state index in [-0.39, 0.29) is 12.0 Å². The quantitative estimate of drug-likeness (QED) is 0.719. The van der Waals surface area contributed by atoms with Crippen molar-refractivity contribution in [2.75, 3.05) is 26.2 Å². The molecule has 1 N–H and O–H groups in total. The highest BCUT2D eigenvalue weighted by molar-refractivity contribution is 5.75. The van der Waals surface area contributed by atoms with E-state index in [2.05, 4.69) is 24.1 Å². The van der Waals surface area contributed by atoms with Gasteiger partial charge in [0, 0.05) is 19.1 Å². The minimum Gasteiger partial charge on any atom is -0.465 e. The van der Waals surface area contributed by atoms with Crippen LogP contribution in [0.1, 0.15) is 47.0 Å². The van der Waals surface area contributed by atoms with E-state index >= 15 is 0 Å². The van der Waals surface area contributed by atoms with Crippen molar-refractivity contribution < 1.29 is 9.53 Å². The number of ether oxygens (including phenoxy) is 1. The van der Waals surface area contributed by atoms with Gasteiger partial charge in [0.1, 0.15) is 6.04 Å². The number of nitrogens with zero attached hydrogens (tertiary/aromatic N) is 1. The predicted molar refractivity (Wildman–Crippen MR) is 78.1 cm³/mol. The average Bonchev–Trinajstić information content (AvgIpc) is 2.38. The largest absolute Gasteiger partial charge is 0.465 e. The lowest BCUT2D eigenvalue weighted by atomic mass is 9.94. The molecule has 0 aliphatic carbocycles. The highest BCUT2D eigenvalue weighted by atomic mass is 16.5. The number of rotatable bonds is 7. The molecule has 0 aromatic carbocycles. The van der Waals surface area contributed by atoms with Crippen molar-refractivity contribution in [3.63, 3.8) is 0 Å². The topological polar surface area (TPSA) is 41.6 Å². The fourth-order valence-electron chi connectivity index (χ4n) is 2.78. The van der Waals surface area contributed by atoms with Crippen molar-refractivity contribution in [1.82, 2.24) is 10.2 Å². The van der Waals surface area contributed by atoms with Gasteiger partial charge in [-0.3, -0.25) is 4.79 Å². The molecule has 1 aliphatic heterocycles. The van der Waals surface area contributed by atoms with E-state index in [4.69, 9.17) is 4.74 Å². The van der Waals surface area contributed by atoms with Gasteiger partial charge in [-0.15, -0.1) is 0 Å². The molecule has 1 aliphatic rings. The number of hydrogen-bond donors (Lipinski definition) is 1. The maximum absolute atomic E-state index is 11.8. The molecule has 3 unspecified atom stereocenters. The first-order valence-corrected chi connectivity index (χ1v) is 7.72. The normalized spacial score (nSPS) is 26.1. The van der Waals surface area contributed by atoms with E-state index in [0.29, 0.717) is 12.6 Å². The van der Waals surface area contributed by atoms with E-state index in [0.717, 1.165) is 32.0 Å². The van der Waals surface area contributed by atoms with Crippen LogP contribution in [0.25, 0.3) is 0 Å². The Balaban J connectivity index is 2.43. The zero-order valence-corrected chi connectivity index (χ0v) is 12.9. The number of nitrogens with one attached hydrogen (secondary N) is 1. The summed E-state index contributed by atoms with van der Waals surface area (Å²) < 4.78 is 5.12. The van der Waals surface area contributed by atoms with Crippen LogP contribution >= 0.6 is 0 Å². The highest BCUT2D eigenvalue weighted by Gasteiger charge is 2.25. The van der Waals surface area contributed by atoms with Crippen LogP contribution in [0.15, 0.2) is 0 Å². The van der Waals surface area contributed by atoms with Crippen molar-refractivity contribution in [2.45, 2.75) is 59.0 Å². The van der Waals surface area contributed by atoms with Crippen molar-refractivity contribution >= 4 is 5.97 Å². The van der Waals surface area contributed by atoms with Gasteiger partial charge in [0.05, 0.1) is 6.61 Å². The molecular weight excluding hydrogens is 240 g/mol. The average molecular weight is 270 g/mol. The van der Waals surface area contributed by atoms with Gasteiger partial charge in [-0.05, 0) is 45.6 Å². The highest BCUT2D eigenvalue weighted by Crippen LogP contribution is 2.21. The molecule has 0 aromatic rings. The van der Waals surface area contributed by atoms with Crippen molar-refractivity contribution in [3.8, 4) is 0 Å². The summed E-state index contributed by atoms with van der Waals surface area (Å²) in [6.07, 6.45) is 3.43. The summed E-state index contributed by atoms with van der Waals surface area (Å²) in [5.41, 5.74) is 0. The summed E-state index contributed by atoms with van der Waals surface area (Å²) in [5.74, 6) is 0.665. The molecule has 0 aromatic heterocycles. The van der Waals surface area contributed by atoms with Crippen LogP contribution in [0, 0.1) is 5.92 Å². The number of piperidine rings is 1. The van der Waals surface area contributed by atoms with Crippen molar-refractivity contribution in [1.29, 1.82) is 0 Å². The molecule has 0 spiro atoms. The van der Waals surface area contributed by atoms with E-state index in [1.54, 1.807) is 0 Å². The minimum absolute atomic E-state index is 0.109. The summed E-state index contributed by atoms with van der Waals surface area (Å²) >= 11 is 0. The standard InChI is InChI=1S/C15H30N2O2/c1-5-16-14(15(18)19-6-2)9-10-17-11-12(3)7-8-13(17)4/h12-14,16H,5-11H2,1-4H3. The Hall–Kier alpha value is -0.610. The number of hydrogen-bond acceptors (Lipinski definition) is 4. The Morgan fingerprint density at radius 3 is 2.74 bits per heavy atom. The summed E-state index contributed by atoms with van der Waals surface area (Å²) in [4.78, 5) is 14.4. The van der Waals surface area contributed by atoms with E-state index in [1.165, 1.54) is 12.8 Å². The molecule has 4 nitrogen and oxygen atoms in total. The lowest BCUT2D eigenvalue weighted by Crippen LogP contribution is -2.45. The molecule has 1 fully saturated rings. The summed E-state index contributed by atoms with van der Waals surface area (Å²) in [6.45, 7) is 11.9. The van der Waals surface area contributed by atoms with Gasteiger partial charge in [0.15, 0.2) is 0 Å². The maximum atomic E-state index is 11.8.